The number of amides is 3. The summed E-state index contributed by atoms with van der Waals surface area (Å²) in [5.74, 6) is 0.0227. The Labute approximate surface area is 178 Å². The number of carbonyl (C=O) groups excluding carboxylic acids is 3. The number of nitrogens with zero attached hydrogens (tertiary/aromatic N) is 4. The van der Waals surface area contributed by atoms with E-state index in [0.29, 0.717) is 32.7 Å². The van der Waals surface area contributed by atoms with E-state index in [1.165, 1.54) is 0 Å². The van der Waals surface area contributed by atoms with Crippen molar-refractivity contribution in [3.8, 4) is 0 Å². The molecule has 30 heavy (non-hydrogen) atoms. The smallest absolute Gasteiger partial charge is 0.236 e. The van der Waals surface area contributed by atoms with Crippen LogP contribution in [0.1, 0.15) is 31.2 Å². The molecular formula is C23H32N4O3. The lowest BCUT2D eigenvalue weighted by Gasteiger charge is -2.25. The van der Waals surface area contributed by atoms with Crippen LogP contribution < -0.4 is 4.90 Å². The second-order valence-corrected chi connectivity index (χ2v) is 8.78. The molecule has 0 radical (unpaired) electrons. The minimum atomic E-state index is -0.281. The molecular weight excluding hydrogens is 380 g/mol. The summed E-state index contributed by atoms with van der Waals surface area (Å²) >= 11 is 0. The van der Waals surface area contributed by atoms with Gasteiger partial charge in [0, 0.05) is 57.9 Å². The van der Waals surface area contributed by atoms with Gasteiger partial charge < -0.3 is 14.7 Å². The minimum Gasteiger partial charge on any atom is -0.342 e. The Hall–Kier alpha value is -2.41. The van der Waals surface area contributed by atoms with Gasteiger partial charge in [-0.2, -0.15) is 0 Å². The van der Waals surface area contributed by atoms with E-state index in [1.54, 1.807) is 4.90 Å². The van der Waals surface area contributed by atoms with Crippen molar-refractivity contribution in [2.24, 2.45) is 5.92 Å². The lowest BCUT2D eigenvalue weighted by molar-refractivity contribution is -0.135. The van der Waals surface area contributed by atoms with Gasteiger partial charge >= 0.3 is 0 Å². The molecule has 0 saturated carbocycles. The minimum absolute atomic E-state index is 0.0184. The summed E-state index contributed by atoms with van der Waals surface area (Å²) in [5.41, 5.74) is 2.01. The Morgan fingerprint density at radius 3 is 2.33 bits per heavy atom. The third kappa shape index (κ3) is 4.67. The summed E-state index contributed by atoms with van der Waals surface area (Å²) in [5, 5.41) is 0. The number of carbonyl (C=O) groups is 3. The highest BCUT2D eigenvalue weighted by Gasteiger charge is 2.37. The molecule has 7 heteroatoms. The summed E-state index contributed by atoms with van der Waals surface area (Å²) in [6.07, 6.45) is 3.35. The average Bonchev–Trinajstić information content (AvgIpc) is 3.35. The van der Waals surface area contributed by atoms with Crippen LogP contribution in [-0.2, 0) is 14.4 Å². The van der Waals surface area contributed by atoms with Gasteiger partial charge in [-0.1, -0.05) is 17.7 Å². The highest BCUT2D eigenvalue weighted by molar-refractivity contribution is 6.00. The normalized spacial score (nSPS) is 23.2. The monoisotopic (exact) mass is 412 g/mol. The van der Waals surface area contributed by atoms with Crippen LogP contribution in [0.15, 0.2) is 24.3 Å². The number of hydrogen-bond donors (Lipinski definition) is 0. The molecule has 1 aromatic carbocycles. The number of aryl methyl sites for hydroxylation is 1. The van der Waals surface area contributed by atoms with E-state index < -0.39 is 0 Å². The van der Waals surface area contributed by atoms with Crippen molar-refractivity contribution in [2.45, 2.75) is 32.6 Å². The van der Waals surface area contributed by atoms with E-state index in [-0.39, 0.29) is 30.1 Å². The van der Waals surface area contributed by atoms with E-state index in [1.807, 2.05) is 41.0 Å². The van der Waals surface area contributed by atoms with Gasteiger partial charge in [0.15, 0.2) is 0 Å². The Kier molecular flexibility index (Phi) is 6.37. The van der Waals surface area contributed by atoms with Crippen LogP contribution in [-0.4, -0.2) is 84.8 Å². The maximum Gasteiger partial charge on any atom is 0.236 e. The van der Waals surface area contributed by atoms with Crippen LogP contribution in [0.4, 0.5) is 5.69 Å². The van der Waals surface area contributed by atoms with E-state index in [4.69, 9.17) is 0 Å². The number of likely N-dealkylation sites (tertiary alicyclic amines) is 1. The lowest BCUT2D eigenvalue weighted by atomic mass is 10.1. The predicted molar refractivity (Wildman–Crippen MR) is 115 cm³/mol. The first-order valence-corrected chi connectivity index (χ1v) is 11.2. The Bertz CT molecular complexity index is 788. The largest absolute Gasteiger partial charge is 0.342 e. The van der Waals surface area contributed by atoms with E-state index >= 15 is 0 Å². The first-order valence-electron chi connectivity index (χ1n) is 11.2. The van der Waals surface area contributed by atoms with Gasteiger partial charge in [0.1, 0.15) is 0 Å². The van der Waals surface area contributed by atoms with Crippen molar-refractivity contribution < 1.29 is 14.4 Å². The number of benzene rings is 1. The van der Waals surface area contributed by atoms with Crippen molar-refractivity contribution in [1.82, 2.24) is 14.7 Å². The van der Waals surface area contributed by atoms with Crippen LogP contribution in [0.2, 0.25) is 0 Å². The quantitative estimate of drug-likeness (QED) is 0.752. The molecule has 1 unspecified atom stereocenters. The van der Waals surface area contributed by atoms with Gasteiger partial charge in [-0.25, -0.2) is 0 Å². The maximum atomic E-state index is 13.1. The third-order valence-corrected chi connectivity index (χ3v) is 6.54. The summed E-state index contributed by atoms with van der Waals surface area (Å²) in [7, 11) is 0. The molecule has 7 nitrogen and oxygen atoms in total. The summed E-state index contributed by atoms with van der Waals surface area (Å²) in [6.45, 7) is 7.55. The zero-order chi connectivity index (χ0) is 21.1. The zero-order valence-electron chi connectivity index (χ0n) is 17.9. The molecule has 3 saturated heterocycles. The molecule has 0 spiro atoms. The number of hydrogen-bond acceptors (Lipinski definition) is 4. The van der Waals surface area contributed by atoms with Gasteiger partial charge in [0.05, 0.1) is 12.5 Å². The number of rotatable bonds is 4. The molecule has 3 heterocycles. The Balaban J connectivity index is 1.31. The van der Waals surface area contributed by atoms with Crippen molar-refractivity contribution in [3.05, 3.63) is 29.8 Å². The fourth-order valence-corrected chi connectivity index (χ4v) is 4.71. The molecule has 1 atom stereocenters. The van der Waals surface area contributed by atoms with Gasteiger partial charge in [-0.15, -0.1) is 0 Å². The fraction of sp³-hybridized carbons (Fsp3) is 0.609. The lowest BCUT2D eigenvalue weighted by Crippen LogP contribution is -2.42. The van der Waals surface area contributed by atoms with Crippen molar-refractivity contribution >= 4 is 23.4 Å². The van der Waals surface area contributed by atoms with Gasteiger partial charge in [0.25, 0.3) is 0 Å². The maximum absolute atomic E-state index is 13.1. The highest BCUT2D eigenvalue weighted by atomic mass is 16.2. The van der Waals surface area contributed by atoms with Crippen LogP contribution in [0, 0.1) is 12.8 Å². The third-order valence-electron chi connectivity index (χ3n) is 6.54. The molecule has 162 valence electrons. The molecule has 3 aliphatic heterocycles. The van der Waals surface area contributed by atoms with Gasteiger partial charge in [-0.05, 0) is 38.3 Å². The van der Waals surface area contributed by atoms with Crippen LogP contribution in [0.5, 0.6) is 0 Å². The number of anilines is 1. The summed E-state index contributed by atoms with van der Waals surface area (Å²) in [6, 6.07) is 7.87. The van der Waals surface area contributed by atoms with Crippen molar-refractivity contribution in [3.63, 3.8) is 0 Å². The van der Waals surface area contributed by atoms with Crippen LogP contribution >= 0.6 is 0 Å². The fourth-order valence-electron chi connectivity index (χ4n) is 4.71. The molecule has 0 aromatic heterocycles. The Morgan fingerprint density at radius 2 is 1.60 bits per heavy atom. The van der Waals surface area contributed by atoms with E-state index in [2.05, 4.69) is 4.90 Å². The molecule has 0 bridgehead atoms. The predicted octanol–water partition coefficient (Wildman–Crippen LogP) is 1.50. The molecule has 3 amide bonds. The zero-order valence-corrected chi connectivity index (χ0v) is 17.9. The SMILES string of the molecule is Cc1ccc(N2CC(C(=O)N3CCCN(CC(=O)N4CCCC4)CC3)CC2=O)cc1. The van der Waals surface area contributed by atoms with Crippen molar-refractivity contribution in [2.75, 3.05) is 57.3 Å². The first-order chi connectivity index (χ1) is 14.5. The first kappa shape index (κ1) is 20.8. The summed E-state index contributed by atoms with van der Waals surface area (Å²) < 4.78 is 0. The van der Waals surface area contributed by atoms with E-state index in [9.17, 15) is 14.4 Å². The highest BCUT2D eigenvalue weighted by Crippen LogP contribution is 2.27. The summed E-state index contributed by atoms with van der Waals surface area (Å²) in [4.78, 5) is 45.9. The molecule has 3 fully saturated rings. The average molecular weight is 413 g/mol. The Morgan fingerprint density at radius 1 is 0.900 bits per heavy atom. The molecule has 3 aliphatic rings. The molecule has 4 rings (SSSR count). The van der Waals surface area contributed by atoms with E-state index in [0.717, 1.165) is 50.1 Å². The second-order valence-electron chi connectivity index (χ2n) is 8.78. The molecule has 0 aliphatic carbocycles. The van der Waals surface area contributed by atoms with Crippen LogP contribution in [0.3, 0.4) is 0 Å². The molecule has 0 N–H and O–H groups in total. The topological polar surface area (TPSA) is 64.2 Å². The van der Waals surface area contributed by atoms with Gasteiger partial charge in [-0.3, -0.25) is 19.3 Å². The van der Waals surface area contributed by atoms with Crippen LogP contribution in [0.25, 0.3) is 0 Å². The molecule has 1 aromatic rings. The second kappa shape index (κ2) is 9.16. The standard InChI is InChI=1S/C23H32N4O3/c1-18-5-7-20(8-6-18)27-16-19(15-21(27)28)23(30)26-12-4-9-24(13-14-26)17-22(29)25-10-2-3-11-25/h5-8,19H,2-4,9-17H2,1H3. The van der Waals surface area contributed by atoms with Crippen molar-refractivity contribution in [1.29, 1.82) is 0 Å². The van der Waals surface area contributed by atoms with Gasteiger partial charge in [0.2, 0.25) is 17.7 Å².